The van der Waals surface area contributed by atoms with Gasteiger partial charge in [-0.2, -0.15) is 11.8 Å². The number of aliphatic hydroxyl groups excluding tert-OH is 1. The Labute approximate surface area is 98.9 Å². The van der Waals surface area contributed by atoms with Gasteiger partial charge in [-0.25, -0.2) is 4.79 Å². The molecule has 92 valence electrons. The molecular formula is C10H17NO4S. The highest BCUT2D eigenvalue weighted by Gasteiger charge is 2.17. The molecule has 0 fully saturated rings. The molecule has 0 heterocycles. The van der Waals surface area contributed by atoms with Crippen molar-refractivity contribution in [1.29, 1.82) is 0 Å². The van der Waals surface area contributed by atoms with Crippen LogP contribution in [0, 0.1) is 0 Å². The van der Waals surface area contributed by atoms with E-state index < -0.39 is 12.0 Å². The van der Waals surface area contributed by atoms with Gasteiger partial charge in [0.25, 0.3) is 0 Å². The number of nitrogens with one attached hydrogen (secondary N) is 1. The number of carbonyl (C=O) groups is 2. The summed E-state index contributed by atoms with van der Waals surface area (Å²) >= 11 is 1.40. The van der Waals surface area contributed by atoms with Crippen molar-refractivity contribution in [1.82, 2.24) is 5.32 Å². The summed E-state index contributed by atoms with van der Waals surface area (Å²) in [5.74, 6) is -0.433. The molecule has 5 nitrogen and oxygen atoms in total. The average Bonchev–Trinajstić information content (AvgIpc) is 2.15. The van der Waals surface area contributed by atoms with Crippen molar-refractivity contribution in [3.8, 4) is 0 Å². The lowest BCUT2D eigenvalue weighted by Crippen LogP contribution is -2.41. The van der Waals surface area contributed by atoms with E-state index in [1.807, 2.05) is 6.92 Å². The third-order valence-electron chi connectivity index (χ3n) is 1.73. The summed E-state index contributed by atoms with van der Waals surface area (Å²) in [6.45, 7) is 3.13. The van der Waals surface area contributed by atoms with Gasteiger partial charge in [0.2, 0.25) is 5.91 Å². The molecule has 0 aromatic carbocycles. The fourth-order valence-electron chi connectivity index (χ4n) is 0.973. The van der Waals surface area contributed by atoms with Crippen LogP contribution < -0.4 is 5.32 Å². The summed E-state index contributed by atoms with van der Waals surface area (Å²) < 4.78 is 0. The number of carboxylic acid groups (broad SMARTS) is 1. The molecular weight excluding hydrogens is 230 g/mol. The fraction of sp³-hybridized carbons (Fsp3) is 0.600. The van der Waals surface area contributed by atoms with Gasteiger partial charge in [-0.15, -0.1) is 0 Å². The van der Waals surface area contributed by atoms with Crippen molar-refractivity contribution in [2.75, 3.05) is 18.1 Å². The number of hydrogen-bond donors (Lipinski definition) is 3. The third kappa shape index (κ3) is 7.30. The van der Waals surface area contributed by atoms with Gasteiger partial charge >= 0.3 is 5.97 Å². The number of hydrogen-bond acceptors (Lipinski definition) is 4. The van der Waals surface area contributed by atoms with Gasteiger partial charge in [-0.05, 0) is 6.92 Å². The monoisotopic (exact) mass is 247 g/mol. The van der Waals surface area contributed by atoms with E-state index in [-0.39, 0.29) is 12.5 Å². The molecule has 0 aromatic rings. The first kappa shape index (κ1) is 15.0. The molecule has 0 bridgehead atoms. The maximum Gasteiger partial charge on any atom is 0.327 e. The standard InChI is InChI=1S/C10H17NO4S/c1-7(3-4-12)5-16-6-9(10(14)15)11-8(2)13/h3,9,12H,4-6H2,1-2H3,(H,11,13)(H,14,15)/b7-3-/t9-/m0/s1. The lowest BCUT2D eigenvalue weighted by molar-refractivity contribution is -0.140. The van der Waals surface area contributed by atoms with Gasteiger partial charge < -0.3 is 15.5 Å². The van der Waals surface area contributed by atoms with E-state index in [4.69, 9.17) is 10.2 Å². The zero-order chi connectivity index (χ0) is 12.6. The minimum atomic E-state index is -1.04. The number of amides is 1. The summed E-state index contributed by atoms with van der Waals surface area (Å²) in [5, 5.41) is 19.8. The normalized spacial score (nSPS) is 13.3. The van der Waals surface area contributed by atoms with Gasteiger partial charge in [-0.1, -0.05) is 11.6 Å². The van der Waals surface area contributed by atoms with E-state index >= 15 is 0 Å². The van der Waals surface area contributed by atoms with E-state index in [0.717, 1.165) is 5.57 Å². The van der Waals surface area contributed by atoms with Crippen molar-refractivity contribution < 1.29 is 19.8 Å². The van der Waals surface area contributed by atoms with Crippen LogP contribution in [0.15, 0.2) is 11.6 Å². The number of aliphatic carboxylic acids is 1. The molecule has 16 heavy (non-hydrogen) atoms. The van der Waals surface area contributed by atoms with E-state index in [0.29, 0.717) is 11.5 Å². The first-order valence-electron chi connectivity index (χ1n) is 4.81. The minimum absolute atomic E-state index is 0.0134. The highest BCUT2D eigenvalue weighted by atomic mass is 32.2. The Morgan fingerprint density at radius 2 is 2.06 bits per heavy atom. The van der Waals surface area contributed by atoms with Gasteiger partial charge in [-0.3, -0.25) is 4.79 Å². The molecule has 0 rings (SSSR count). The van der Waals surface area contributed by atoms with Gasteiger partial charge in [0.15, 0.2) is 0 Å². The molecule has 0 spiro atoms. The van der Waals surface area contributed by atoms with Crippen LogP contribution in [0.25, 0.3) is 0 Å². The van der Waals surface area contributed by atoms with Gasteiger partial charge in [0.1, 0.15) is 6.04 Å². The summed E-state index contributed by atoms with van der Waals surface area (Å²) in [4.78, 5) is 21.5. The second-order valence-electron chi connectivity index (χ2n) is 3.34. The van der Waals surface area contributed by atoms with Crippen molar-refractivity contribution >= 4 is 23.6 Å². The number of carbonyl (C=O) groups excluding carboxylic acids is 1. The summed E-state index contributed by atoms with van der Waals surface area (Å²) in [7, 11) is 0. The highest BCUT2D eigenvalue weighted by molar-refractivity contribution is 7.99. The van der Waals surface area contributed by atoms with Crippen molar-refractivity contribution in [2.45, 2.75) is 19.9 Å². The smallest absolute Gasteiger partial charge is 0.327 e. The van der Waals surface area contributed by atoms with E-state index in [1.165, 1.54) is 18.7 Å². The zero-order valence-corrected chi connectivity index (χ0v) is 10.2. The fourth-order valence-corrected chi connectivity index (χ4v) is 1.99. The largest absolute Gasteiger partial charge is 0.480 e. The Kier molecular flexibility index (Phi) is 7.66. The van der Waals surface area contributed by atoms with Gasteiger partial charge in [0, 0.05) is 18.4 Å². The molecule has 0 aliphatic rings. The van der Waals surface area contributed by atoms with Crippen LogP contribution in [0.4, 0.5) is 0 Å². The molecule has 0 radical (unpaired) electrons. The number of rotatable bonds is 7. The maximum absolute atomic E-state index is 10.8. The Morgan fingerprint density at radius 3 is 2.50 bits per heavy atom. The van der Waals surface area contributed by atoms with Crippen molar-refractivity contribution in [3.63, 3.8) is 0 Å². The topological polar surface area (TPSA) is 86.6 Å². The van der Waals surface area contributed by atoms with Crippen molar-refractivity contribution in [2.24, 2.45) is 0 Å². The number of thioether (sulfide) groups is 1. The van der Waals surface area contributed by atoms with Gasteiger partial charge in [0.05, 0.1) is 6.61 Å². The van der Waals surface area contributed by atoms with Crippen LogP contribution in [0.1, 0.15) is 13.8 Å². The number of carboxylic acids is 1. The molecule has 3 N–H and O–H groups in total. The Bertz CT molecular complexity index is 278. The Hall–Kier alpha value is -1.01. The first-order chi connectivity index (χ1) is 7.47. The molecule has 0 aliphatic carbocycles. The molecule has 0 aliphatic heterocycles. The molecule has 6 heteroatoms. The van der Waals surface area contributed by atoms with Crippen LogP contribution >= 0.6 is 11.8 Å². The van der Waals surface area contributed by atoms with Crippen LogP contribution in [0.2, 0.25) is 0 Å². The van der Waals surface area contributed by atoms with Crippen molar-refractivity contribution in [3.05, 3.63) is 11.6 Å². The van der Waals surface area contributed by atoms with E-state index in [2.05, 4.69) is 5.32 Å². The molecule has 0 unspecified atom stereocenters. The van der Waals surface area contributed by atoms with Crippen LogP contribution in [-0.2, 0) is 9.59 Å². The van der Waals surface area contributed by atoms with Crippen LogP contribution in [-0.4, -0.2) is 46.2 Å². The quantitative estimate of drug-likeness (QED) is 0.561. The molecule has 1 atom stereocenters. The summed E-state index contributed by atoms with van der Waals surface area (Å²) in [6, 6.07) is -0.857. The first-order valence-corrected chi connectivity index (χ1v) is 5.97. The van der Waals surface area contributed by atoms with Crippen LogP contribution in [0.3, 0.4) is 0 Å². The van der Waals surface area contributed by atoms with E-state index in [9.17, 15) is 9.59 Å². The minimum Gasteiger partial charge on any atom is -0.480 e. The predicted molar refractivity (Wildman–Crippen MR) is 63.4 cm³/mol. The number of aliphatic hydroxyl groups is 1. The van der Waals surface area contributed by atoms with Crippen LogP contribution in [0.5, 0.6) is 0 Å². The lowest BCUT2D eigenvalue weighted by Gasteiger charge is -2.12. The molecule has 0 saturated heterocycles. The molecule has 0 saturated carbocycles. The Morgan fingerprint density at radius 1 is 1.44 bits per heavy atom. The predicted octanol–water partition coefficient (Wildman–Crippen LogP) is 0.248. The zero-order valence-electron chi connectivity index (χ0n) is 9.40. The Balaban J connectivity index is 3.99. The third-order valence-corrected chi connectivity index (χ3v) is 2.96. The van der Waals surface area contributed by atoms with E-state index in [1.54, 1.807) is 6.08 Å². The summed E-state index contributed by atoms with van der Waals surface area (Å²) in [5.41, 5.74) is 0.986. The SMILES string of the molecule is CC(=O)N[C@@H](CSC/C(C)=C\CO)C(=O)O. The maximum atomic E-state index is 10.8. The second kappa shape index (κ2) is 8.18. The lowest BCUT2D eigenvalue weighted by atomic mass is 10.3. The highest BCUT2D eigenvalue weighted by Crippen LogP contribution is 2.09. The average molecular weight is 247 g/mol. The molecule has 1 amide bonds. The second-order valence-corrected chi connectivity index (χ2v) is 4.37. The molecule has 0 aromatic heterocycles. The summed E-state index contributed by atoms with van der Waals surface area (Å²) in [6.07, 6.45) is 1.67.